The molecule has 138 valence electrons. The Morgan fingerprint density at radius 2 is 1.88 bits per heavy atom. The Morgan fingerprint density at radius 3 is 2.50 bits per heavy atom. The van der Waals surface area contributed by atoms with Crippen molar-refractivity contribution >= 4 is 38.7 Å². The van der Waals surface area contributed by atoms with Crippen LogP contribution in [0.5, 0.6) is 11.5 Å². The second-order valence-corrected chi connectivity index (χ2v) is 7.98. The van der Waals surface area contributed by atoms with Crippen LogP contribution in [0.15, 0.2) is 47.4 Å². The number of anilines is 2. The summed E-state index contributed by atoms with van der Waals surface area (Å²) in [5.74, 6) is 0.536. The van der Waals surface area contributed by atoms with Crippen LogP contribution in [0, 0.1) is 0 Å². The van der Waals surface area contributed by atoms with Gasteiger partial charge >= 0.3 is 0 Å². The molecule has 2 aromatic rings. The normalized spacial score (nSPS) is 13.7. The molecule has 1 fully saturated rings. The summed E-state index contributed by atoms with van der Waals surface area (Å²) >= 11 is 5.17. The molecule has 0 atom stereocenters. The van der Waals surface area contributed by atoms with Gasteiger partial charge in [-0.2, -0.15) is 0 Å². The fraction of sp³-hybridized carbons (Fsp3) is 0.235. The topological polar surface area (TPSA) is 99.7 Å². The van der Waals surface area contributed by atoms with Crippen molar-refractivity contribution < 1.29 is 18.3 Å². The number of phenols is 1. The van der Waals surface area contributed by atoms with E-state index in [-0.39, 0.29) is 16.3 Å². The van der Waals surface area contributed by atoms with Crippen LogP contribution in [0.1, 0.15) is 12.8 Å². The van der Waals surface area contributed by atoms with E-state index in [0.29, 0.717) is 22.6 Å². The van der Waals surface area contributed by atoms with Crippen molar-refractivity contribution in [2.24, 2.45) is 0 Å². The van der Waals surface area contributed by atoms with Crippen molar-refractivity contribution in [1.82, 2.24) is 5.32 Å². The molecular weight excluding hydrogens is 374 g/mol. The zero-order valence-electron chi connectivity index (χ0n) is 14.0. The van der Waals surface area contributed by atoms with Crippen LogP contribution in [-0.4, -0.2) is 31.8 Å². The minimum absolute atomic E-state index is 0.00263. The first-order valence-corrected chi connectivity index (χ1v) is 9.84. The lowest BCUT2D eigenvalue weighted by Crippen LogP contribution is -2.30. The van der Waals surface area contributed by atoms with Crippen molar-refractivity contribution in [1.29, 1.82) is 0 Å². The van der Waals surface area contributed by atoms with Crippen LogP contribution in [-0.2, 0) is 10.0 Å². The first-order valence-electron chi connectivity index (χ1n) is 7.95. The van der Waals surface area contributed by atoms with E-state index in [4.69, 9.17) is 17.0 Å². The largest absolute Gasteiger partial charge is 0.506 e. The number of nitrogens with one attached hydrogen (secondary N) is 3. The summed E-state index contributed by atoms with van der Waals surface area (Å²) < 4.78 is 32.7. The highest BCUT2D eigenvalue weighted by atomic mass is 32.2. The number of hydrogen-bond acceptors (Lipinski definition) is 5. The molecule has 1 saturated carbocycles. The third kappa shape index (κ3) is 4.55. The summed E-state index contributed by atoms with van der Waals surface area (Å²) in [5.41, 5.74) is 0.625. The highest BCUT2D eigenvalue weighted by molar-refractivity contribution is 7.92. The van der Waals surface area contributed by atoms with Gasteiger partial charge in [0.25, 0.3) is 10.0 Å². The molecule has 0 aliphatic heterocycles. The molecule has 0 heterocycles. The van der Waals surface area contributed by atoms with Gasteiger partial charge in [0.15, 0.2) is 5.11 Å². The monoisotopic (exact) mass is 393 g/mol. The lowest BCUT2D eigenvalue weighted by Gasteiger charge is -2.13. The van der Waals surface area contributed by atoms with E-state index in [1.54, 1.807) is 24.3 Å². The second kappa shape index (κ2) is 7.38. The average molecular weight is 393 g/mol. The molecule has 0 saturated heterocycles. The molecule has 1 aliphatic rings. The van der Waals surface area contributed by atoms with Crippen LogP contribution in [0.25, 0.3) is 0 Å². The molecule has 4 N–H and O–H groups in total. The highest BCUT2D eigenvalue weighted by Crippen LogP contribution is 2.28. The number of ether oxygens (including phenoxy) is 1. The summed E-state index contributed by atoms with van der Waals surface area (Å²) in [7, 11) is -2.29. The van der Waals surface area contributed by atoms with Gasteiger partial charge in [0, 0.05) is 11.7 Å². The molecule has 0 amide bonds. The maximum Gasteiger partial charge on any atom is 0.261 e. The summed E-state index contributed by atoms with van der Waals surface area (Å²) in [6, 6.07) is 10.8. The fourth-order valence-corrected chi connectivity index (χ4v) is 3.59. The Kier molecular flexibility index (Phi) is 5.19. The van der Waals surface area contributed by atoms with Crippen molar-refractivity contribution in [2.45, 2.75) is 23.8 Å². The molecular formula is C17H19N3O4S2. The minimum atomic E-state index is -3.82. The summed E-state index contributed by atoms with van der Waals surface area (Å²) in [4.78, 5) is 0.00263. The molecule has 3 rings (SSSR count). The molecule has 0 unspecified atom stereocenters. The SMILES string of the molecule is COc1ccc(NS(=O)(=O)c2ccc(O)c(NC(=S)NC3CC3)c2)cc1. The van der Waals surface area contributed by atoms with Gasteiger partial charge in [-0.25, -0.2) is 8.42 Å². The number of aromatic hydroxyl groups is 1. The van der Waals surface area contributed by atoms with E-state index in [1.807, 2.05) is 0 Å². The quantitative estimate of drug-likeness (QED) is 0.442. The Labute approximate surface area is 157 Å². The summed E-state index contributed by atoms with van der Waals surface area (Å²) in [6.07, 6.45) is 2.10. The molecule has 0 aromatic heterocycles. The van der Waals surface area contributed by atoms with Crippen molar-refractivity contribution in [3.63, 3.8) is 0 Å². The minimum Gasteiger partial charge on any atom is -0.506 e. The third-order valence-electron chi connectivity index (χ3n) is 3.78. The number of benzene rings is 2. The van der Waals surface area contributed by atoms with Crippen molar-refractivity contribution in [2.75, 3.05) is 17.1 Å². The maximum atomic E-state index is 12.6. The van der Waals surface area contributed by atoms with E-state index < -0.39 is 10.0 Å². The first-order chi connectivity index (χ1) is 12.4. The summed E-state index contributed by atoms with van der Waals surface area (Å²) in [6.45, 7) is 0. The van der Waals surface area contributed by atoms with E-state index in [9.17, 15) is 13.5 Å². The van der Waals surface area contributed by atoms with Crippen LogP contribution in [0.4, 0.5) is 11.4 Å². The van der Waals surface area contributed by atoms with Gasteiger partial charge in [0.05, 0.1) is 17.7 Å². The van der Waals surface area contributed by atoms with Crippen LogP contribution in [0.3, 0.4) is 0 Å². The molecule has 0 bridgehead atoms. The molecule has 1 aliphatic carbocycles. The number of phenolic OH excluding ortho intramolecular Hbond substituents is 1. The van der Waals surface area contributed by atoms with Gasteiger partial charge in [0.1, 0.15) is 11.5 Å². The van der Waals surface area contributed by atoms with Crippen molar-refractivity contribution in [3.05, 3.63) is 42.5 Å². The third-order valence-corrected chi connectivity index (χ3v) is 5.38. The molecule has 7 nitrogen and oxygen atoms in total. The molecule has 0 spiro atoms. The fourth-order valence-electron chi connectivity index (χ4n) is 2.23. The standard InChI is InChI=1S/C17H19N3O4S2/c1-24-13-6-4-12(5-7-13)20-26(22,23)14-8-9-16(21)15(10-14)19-17(25)18-11-2-3-11/h4-11,20-21H,2-3H2,1H3,(H2,18,19,25). The average Bonchev–Trinajstić information content (AvgIpc) is 3.41. The Hall–Kier alpha value is -2.52. The zero-order chi connectivity index (χ0) is 18.7. The number of hydrogen-bond donors (Lipinski definition) is 4. The lowest BCUT2D eigenvalue weighted by atomic mass is 10.3. The van der Waals surface area contributed by atoms with E-state index in [1.165, 1.54) is 25.3 Å². The van der Waals surface area contributed by atoms with Gasteiger partial charge in [-0.1, -0.05) is 0 Å². The van der Waals surface area contributed by atoms with Gasteiger partial charge in [0.2, 0.25) is 0 Å². The van der Waals surface area contributed by atoms with E-state index in [2.05, 4.69) is 15.4 Å². The van der Waals surface area contributed by atoms with Gasteiger partial charge < -0.3 is 20.5 Å². The summed E-state index contributed by atoms with van der Waals surface area (Å²) in [5, 5.41) is 16.2. The lowest BCUT2D eigenvalue weighted by molar-refractivity contribution is 0.415. The molecule has 9 heteroatoms. The van der Waals surface area contributed by atoms with Gasteiger partial charge in [-0.3, -0.25) is 4.72 Å². The van der Waals surface area contributed by atoms with Gasteiger partial charge in [-0.15, -0.1) is 0 Å². The highest BCUT2D eigenvalue weighted by Gasteiger charge is 2.22. The van der Waals surface area contributed by atoms with E-state index in [0.717, 1.165) is 12.8 Å². The van der Waals surface area contributed by atoms with Crippen LogP contribution in [0.2, 0.25) is 0 Å². The van der Waals surface area contributed by atoms with Crippen LogP contribution < -0.4 is 20.1 Å². The second-order valence-electron chi connectivity index (χ2n) is 5.89. The number of rotatable bonds is 6. The predicted octanol–water partition coefficient (Wildman–Crippen LogP) is 2.65. The van der Waals surface area contributed by atoms with E-state index >= 15 is 0 Å². The molecule has 26 heavy (non-hydrogen) atoms. The Bertz CT molecular complexity index is 910. The smallest absolute Gasteiger partial charge is 0.261 e. The Morgan fingerprint density at radius 1 is 1.19 bits per heavy atom. The first kappa shape index (κ1) is 18.3. The maximum absolute atomic E-state index is 12.6. The number of methoxy groups -OCH3 is 1. The van der Waals surface area contributed by atoms with Crippen LogP contribution >= 0.6 is 12.2 Å². The predicted molar refractivity (Wildman–Crippen MR) is 104 cm³/mol. The zero-order valence-corrected chi connectivity index (χ0v) is 15.7. The van der Waals surface area contributed by atoms with Crippen molar-refractivity contribution in [3.8, 4) is 11.5 Å². The molecule has 2 aromatic carbocycles. The number of sulfonamides is 1. The Balaban J connectivity index is 1.77. The number of thiocarbonyl (C=S) groups is 1. The van der Waals surface area contributed by atoms with Gasteiger partial charge in [-0.05, 0) is 67.5 Å². The molecule has 0 radical (unpaired) electrons.